The molecule has 0 fully saturated rings. The quantitative estimate of drug-likeness (QED) is 0.751. The lowest BCUT2D eigenvalue weighted by atomic mass is 10.00. The Morgan fingerprint density at radius 2 is 1.83 bits per heavy atom. The monoisotopic (exact) mass is 240 g/mol. The van der Waals surface area contributed by atoms with Gasteiger partial charge in [-0.3, -0.25) is 0 Å². The second-order valence-electron chi connectivity index (χ2n) is 5.07. The predicted octanol–water partition coefficient (Wildman–Crippen LogP) is 3.50. The van der Waals surface area contributed by atoms with Crippen molar-refractivity contribution in [1.82, 2.24) is 0 Å². The number of rotatable bonds is 2. The van der Waals surface area contributed by atoms with Gasteiger partial charge in [0.25, 0.3) is 0 Å². The SMILES string of the molecule is CC(C)OC(=O)c1ccc2c3c(cccc13)CC2. The first-order valence-electron chi connectivity index (χ1n) is 6.41. The highest BCUT2D eigenvalue weighted by molar-refractivity contribution is 6.07. The molecule has 0 unspecified atom stereocenters. The summed E-state index contributed by atoms with van der Waals surface area (Å²) in [5.41, 5.74) is 3.38. The fraction of sp³-hybridized carbons (Fsp3) is 0.312. The standard InChI is InChI=1S/C16H16O2/c1-10(2)18-16(17)14-9-8-12-7-6-11-4-3-5-13(14)15(11)12/h3-5,8-10H,6-7H2,1-2H3. The number of carbonyl (C=O) groups is 1. The lowest BCUT2D eigenvalue weighted by molar-refractivity contribution is 0.0380. The molecular weight excluding hydrogens is 224 g/mol. The summed E-state index contributed by atoms with van der Waals surface area (Å²) in [6, 6.07) is 10.2. The molecule has 0 amide bonds. The van der Waals surface area contributed by atoms with Gasteiger partial charge in [-0.25, -0.2) is 4.79 Å². The van der Waals surface area contributed by atoms with Gasteiger partial charge in [0.05, 0.1) is 11.7 Å². The van der Waals surface area contributed by atoms with Crippen LogP contribution in [0.4, 0.5) is 0 Å². The number of esters is 1. The first kappa shape index (κ1) is 11.3. The smallest absolute Gasteiger partial charge is 0.339 e. The average Bonchev–Trinajstić information content (AvgIpc) is 2.74. The van der Waals surface area contributed by atoms with Crippen molar-refractivity contribution in [2.75, 3.05) is 0 Å². The molecular formula is C16H16O2. The highest BCUT2D eigenvalue weighted by Crippen LogP contribution is 2.33. The lowest BCUT2D eigenvalue weighted by Crippen LogP contribution is -2.12. The van der Waals surface area contributed by atoms with Crippen LogP contribution < -0.4 is 0 Å². The fourth-order valence-corrected chi connectivity index (χ4v) is 2.70. The summed E-state index contributed by atoms with van der Waals surface area (Å²) in [5.74, 6) is -0.222. The van der Waals surface area contributed by atoms with E-state index in [0.717, 1.165) is 18.2 Å². The first-order valence-corrected chi connectivity index (χ1v) is 6.41. The minimum Gasteiger partial charge on any atom is -0.459 e. The van der Waals surface area contributed by atoms with Crippen LogP contribution in [-0.2, 0) is 17.6 Å². The maximum atomic E-state index is 12.1. The topological polar surface area (TPSA) is 26.3 Å². The Morgan fingerprint density at radius 1 is 1.11 bits per heavy atom. The predicted molar refractivity (Wildman–Crippen MR) is 71.9 cm³/mol. The van der Waals surface area contributed by atoms with E-state index in [-0.39, 0.29) is 12.1 Å². The van der Waals surface area contributed by atoms with Crippen molar-refractivity contribution < 1.29 is 9.53 Å². The molecule has 2 heteroatoms. The second-order valence-corrected chi connectivity index (χ2v) is 5.07. The number of hydrogen-bond donors (Lipinski definition) is 0. The van der Waals surface area contributed by atoms with Gasteiger partial charge >= 0.3 is 5.97 Å². The van der Waals surface area contributed by atoms with Crippen molar-refractivity contribution in [3.63, 3.8) is 0 Å². The molecule has 18 heavy (non-hydrogen) atoms. The van der Waals surface area contributed by atoms with E-state index in [4.69, 9.17) is 4.74 Å². The van der Waals surface area contributed by atoms with E-state index < -0.39 is 0 Å². The molecule has 0 atom stereocenters. The molecule has 0 saturated carbocycles. The van der Waals surface area contributed by atoms with Crippen molar-refractivity contribution in [2.45, 2.75) is 32.8 Å². The van der Waals surface area contributed by atoms with Gasteiger partial charge in [0.15, 0.2) is 0 Å². The van der Waals surface area contributed by atoms with Crippen LogP contribution in [0.25, 0.3) is 10.8 Å². The van der Waals surface area contributed by atoms with Crippen LogP contribution in [0.5, 0.6) is 0 Å². The summed E-state index contributed by atoms with van der Waals surface area (Å²) in [4.78, 5) is 12.1. The van der Waals surface area contributed by atoms with Crippen LogP contribution in [0.2, 0.25) is 0 Å². The lowest BCUT2D eigenvalue weighted by Gasteiger charge is -2.11. The Hall–Kier alpha value is -1.83. The van der Waals surface area contributed by atoms with Crippen LogP contribution >= 0.6 is 0 Å². The zero-order valence-electron chi connectivity index (χ0n) is 10.7. The van der Waals surface area contributed by atoms with Crippen LogP contribution in [-0.4, -0.2) is 12.1 Å². The molecule has 0 saturated heterocycles. The van der Waals surface area contributed by atoms with E-state index in [9.17, 15) is 4.79 Å². The summed E-state index contributed by atoms with van der Waals surface area (Å²) >= 11 is 0. The number of benzene rings is 2. The number of ether oxygens (including phenoxy) is 1. The third-order valence-corrected chi connectivity index (χ3v) is 3.44. The largest absolute Gasteiger partial charge is 0.459 e. The number of carbonyl (C=O) groups excluding carboxylic acids is 1. The van der Waals surface area contributed by atoms with E-state index in [0.29, 0.717) is 5.56 Å². The van der Waals surface area contributed by atoms with Gasteiger partial charge in [-0.15, -0.1) is 0 Å². The normalized spacial score (nSPS) is 13.3. The van der Waals surface area contributed by atoms with Crippen LogP contribution in [0.15, 0.2) is 30.3 Å². The summed E-state index contributed by atoms with van der Waals surface area (Å²) < 4.78 is 5.31. The summed E-state index contributed by atoms with van der Waals surface area (Å²) in [5, 5.41) is 2.30. The van der Waals surface area contributed by atoms with Crippen LogP contribution in [0.1, 0.15) is 35.3 Å². The molecule has 2 aromatic carbocycles. The minimum atomic E-state index is -0.222. The maximum absolute atomic E-state index is 12.1. The van der Waals surface area contributed by atoms with Crippen molar-refractivity contribution in [1.29, 1.82) is 0 Å². The van der Waals surface area contributed by atoms with Gasteiger partial charge < -0.3 is 4.74 Å². The Labute approximate surface area is 107 Å². The molecule has 1 aliphatic rings. The number of aryl methyl sites for hydroxylation is 2. The summed E-state index contributed by atoms with van der Waals surface area (Å²) in [6.07, 6.45) is 2.07. The van der Waals surface area contributed by atoms with Crippen molar-refractivity contribution in [3.05, 3.63) is 47.0 Å². The summed E-state index contributed by atoms with van der Waals surface area (Å²) in [7, 11) is 0. The molecule has 1 aliphatic carbocycles. The first-order chi connectivity index (χ1) is 8.66. The summed E-state index contributed by atoms with van der Waals surface area (Å²) in [6.45, 7) is 3.75. The fourth-order valence-electron chi connectivity index (χ4n) is 2.70. The average molecular weight is 240 g/mol. The van der Waals surface area contributed by atoms with Gasteiger partial charge in [-0.1, -0.05) is 24.3 Å². The molecule has 0 heterocycles. The third-order valence-electron chi connectivity index (χ3n) is 3.44. The van der Waals surface area contributed by atoms with E-state index in [2.05, 4.69) is 12.1 Å². The van der Waals surface area contributed by atoms with Crippen molar-refractivity contribution in [2.24, 2.45) is 0 Å². The maximum Gasteiger partial charge on any atom is 0.339 e. The van der Waals surface area contributed by atoms with E-state index >= 15 is 0 Å². The number of hydrogen-bond acceptors (Lipinski definition) is 2. The molecule has 0 radical (unpaired) electrons. The molecule has 92 valence electrons. The van der Waals surface area contributed by atoms with Crippen molar-refractivity contribution >= 4 is 16.7 Å². The molecule has 2 nitrogen and oxygen atoms in total. The van der Waals surface area contributed by atoms with Gasteiger partial charge in [0, 0.05) is 0 Å². The van der Waals surface area contributed by atoms with Crippen molar-refractivity contribution in [3.8, 4) is 0 Å². The highest BCUT2D eigenvalue weighted by Gasteiger charge is 2.19. The molecule has 0 aromatic heterocycles. The van der Waals surface area contributed by atoms with Gasteiger partial charge in [0.1, 0.15) is 0 Å². The van der Waals surface area contributed by atoms with Gasteiger partial charge in [0.2, 0.25) is 0 Å². The molecule has 3 rings (SSSR count). The third kappa shape index (κ3) is 1.69. The molecule has 2 aromatic rings. The second kappa shape index (κ2) is 4.13. The molecule has 0 N–H and O–H groups in total. The van der Waals surface area contributed by atoms with E-state index in [1.807, 2.05) is 32.0 Å². The Balaban J connectivity index is 2.17. The van der Waals surface area contributed by atoms with Gasteiger partial charge in [-0.2, -0.15) is 0 Å². The highest BCUT2D eigenvalue weighted by atomic mass is 16.5. The zero-order chi connectivity index (χ0) is 12.7. The molecule has 0 aliphatic heterocycles. The van der Waals surface area contributed by atoms with E-state index in [1.54, 1.807) is 0 Å². The van der Waals surface area contributed by atoms with Crippen LogP contribution in [0, 0.1) is 0 Å². The Morgan fingerprint density at radius 3 is 2.56 bits per heavy atom. The van der Waals surface area contributed by atoms with E-state index in [1.165, 1.54) is 16.5 Å². The van der Waals surface area contributed by atoms with Crippen LogP contribution in [0.3, 0.4) is 0 Å². The zero-order valence-corrected chi connectivity index (χ0v) is 10.7. The Kier molecular flexibility index (Phi) is 2.58. The Bertz CT molecular complexity index is 616. The van der Waals surface area contributed by atoms with Gasteiger partial charge in [-0.05, 0) is 54.7 Å². The molecule has 0 bridgehead atoms. The minimum absolute atomic E-state index is 0.0828. The molecule has 0 spiro atoms.